The minimum Gasteiger partial charge on any atom is -0.481 e. The second kappa shape index (κ2) is 7.16. The second-order valence-corrected chi connectivity index (χ2v) is 6.10. The van der Waals surface area contributed by atoms with Gasteiger partial charge in [0, 0.05) is 25.5 Å². The van der Waals surface area contributed by atoms with Gasteiger partial charge in [-0.2, -0.15) is 0 Å². The molecule has 0 aliphatic heterocycles. The van der Waals surface area contributed by atoms with Gasteiger partial charge in [-0.25, -0.2) is 9.97 Å². The molecule has 0 aliphatic rings. The molecule has 9 heteroatoms. The Kier molecular flexibility index (Phi) is 4.96. The van der Waals surface area contributed by atoms with Crippen LogP contribution in [0.2, 0.25) is 10.0 Å². The van der Waals surface area contributed by atoms with Gasteiger partial charge < -0.3 is 19.7 Å². The van der Waals surface area contributed by atoms with Gasteiger partial charge in [0.25, 0.3) is 0 Å². The average molecular weight is 381 g/mol. The third-order valence-electron chi connectivity index (χ3n) is 3.49. The zero-order valence-corrected chi connectivity index (χ0v) is 14.7. The van der Waals surface area contributed by atoms with Crippen molar-refractivity contribution in [3.05, 3.63) is 40.8 Å². The van der Waals surface area contributed by atoms with Gasteiger partial charge in [0.15, 0.2) is 5.75 Å². The van der Waals surface area contributed by atoms with E-state index in [4.69, 9.17) is 33.0 Å². The number of rotatable bonds is 6. The molecule has 0 saturated heterocycles. The predicted octanol–water partition coefficient (Wildman–Crippen LogP) is 3.95. The molecule has 0 spiro atoms. The summed E-state index contributed by atoms with van der Waals surface area (Å²) in [4.78, 5) is 18.9. The molecule has 3 aromatic rings. The Labute approximate surface area is 153 Å². The molecule has 2 aromatic heterocycles. The number of carbonyl (C=O) groups is 1. The number of hydrogen-bond donors (Lipinski definition) is 2. The number of ether oxygens (including phenoxy) is 1. The van der Waals surface area contributed by atoms with Crippen molar-refractivity contribution in [3.63, 3.8) is 0 Å². The van der Waals surface area contributed by atoms with Crippen LogP contribution in [0.25, 0.3) is 11.0 Å². The minimum absolute atomic E-state index is 0.0135. The zero-order valence-electron chi connectivity index (χ0n) is 13.2. The Morgan fingerprint density at radius 2 is 2.04 bits per heavy atom. The standard InChI is InChI=1S/C16H14Cl2N4O3/c1-22-5-3-10-15(22)20-8-21-16(10)25-14-11(17)6-9(7-12(14)18)19-4-2-13(23)24/h3,5-8,19H,2,4H2,1H3,(H,23,24). The molecule has 25 heavy (non-hydrogen) atoms. The highest BCUT2D eigenvalue weighted by Crippen LogP contribution is 2.39. The van der Waals surface area contributed by atoms with Crippen LogP contribution >= 0.6 is 23.2 Å². The molecule has 3 rings (SSSR count). The minimum atomic E-state index is -0.889. The number of halogens is 2. The maximum atomic E-state index is 10.6. The van der Waals surface area contributed by atoms with Crippen molar-refractivity contribution in [1.29, 1.82) is 0 Å². The number of fused-ring (bicyclic) bond motifs is 1. The molecule has 2 heterocycles. The van der Waals surface area contributed by atoms with Crippen molar-refractivity contribution in [1.82, 2.24) is 14.5 Å². The van der Waals surface area contributed by atoms with E-state index in [-0.39, 0.29) is 28.8 Å². The SMILES string of the molecule is Cn1ccc2c(Oc3c(Cl)cc(NCCC(=O)O)cc3Cl)ncnc21. The first kappa shape index (κ1) is 17.3. The summed E-state index contributed by atoms with van der Waals surface area (Å²) >= 11 is 12.5. The van der Waals surface area contributed by atoms with E-state index in [0.29, 0.717) is 11.6 Å². The maximum Gasteiger partial charge on any atom is 0.305 e. The number of nitrogens with zero attached hydrogens (tertiary/aromatic N) is 3. The smallest absolute Gasteiger partial charge is 0.305 e. The summed E-state index contributed by atoms with van der Waals surface area (Å²) in [6.45, 7) is 0.263. The molecule has 0 unspecified atom stereocenters. The largest absolute Gasteiger partial charge is 0.481 e. The fourth-order valence-electron chi connectivity index (χ4n) is 2.31. The number of aliphatic carboxylic acids is 1. The number of aryl methyl sites for hydroxylation is 1. The van der Waals surface area contributed by atoms with Gasteiger partial charge in [-0.1, -0.05) is 23.2 Å². The van der Waals surface area contributed by atoms with Crippen LogP contribution < -0.4 is 10.1 Å². The van der Waals surface area contributed by atoms with Crippen LogP contribution in [0.4, 0.5) is 5.69 Å². The molecule has 0 bridgehead atoms. The molecule has 2 N–H and O–H groups in total. The molecule has 0 atom stereocenters. The van der Waals surface area contributed by atoms with Crippen molar-refractivity contribution < 1.29 is 14.6 Å². The number of aromatic nitrogens is 3. The van der Waals surface area contributed by atoms with Crippen molar-refractivity contribution in [2.75, 3.05) is 11.9 Å². The molecule has 0 amide bonds. The molecule has 0 aliphatic carbocycles. The van der Waals surface area contributed by atoms with Crippen LogP contribution in [0.1, 0.15) is 6.42 Å². The fraction of sp³-hybridized carbons (Fsp3) is 0.188. The van der Waals surface area contributed by atoms with E-state index in [2.05, 4.69) is 15.3 Å². The Hall–Kier alpha value is -2.51. The van der Waals surface area contributed by atoms with Gasteiger partial charge in [-0.05, 0) is 18.2 Å². The summed E-state index contributed by atoms with van der Waals surface area (Å²) in [6, 6.07) is 5.08. The van der Waals surface area contributed by atoms with Crippen LogP contribution in [0.3, 0.4) is 0 Å². The van der Waals surface area contributed by atoms with Gasteiger partial charge in [-0.15, -0.1) is 0 Å². The zero-order chi connectivity index (χ0) is 18.0. The highest BCUT2D eigenvalue weighted by molar-refractivity contribution is 6.37. The van der Waals surface area contributed by atoms with Gasteiger partial charge in [0.2, 0.25) is 5.88 Å². The number of hydrogen-bond acceptors (Lipinski definition) is 5. The summed E-state index contributed by atoms with van der Waals surface area (Å²) in [5.41, 5.74) is 1.33. The summed E-state index contributed by atoms with van der Waals surface area (Å²) < 4.78 is 7.66. The maximum absolute atomic E-state index is 10.6. The van der Waals surface area contributed by atoms with Crippen molar-refractivity contribution in [3.8, 4) is 11.6 Å². The Morgan fingerprint density at radius 1 is 1.32 bits per heavy atom. The molecule has 7 nitrogen and oxygen atoms in total. The Bertz CT molecular complexity index is 919. The fourth-order valence-corrected chi connectivity index (χ4v) is 2.87. The lowest BCUT2D eigenvalue weighted by Crippen LogP contribution is -2.07. The Morgan fingerprint density at radius 3 is 2.72 bits per heavy atom. The highest BCUT2D eigenvalue weighted by Gasteiger charge is 2.15. The van der Waals surface area contributed by atoms with Crippen LogP contribution in [0, 0.1) is 0 Å². The monoisotopic (exact) mass is 380 g/mol. The van der Waals surface area contributed by atoms with E-state index in [0.717, 1.165) is 11.0 Å². The van der Waals surface area contributed by atoms with E-state index >= 15 is 0 Å². The van der Waals surface area contributed by atoms with E-state index in [1.54, 1.807) is 12.1 Å². The number of carboxylic acid groups (broad SMARTS) is 1. The number of benzene rings is 1. The van der Waals surface area contributed by atoms with Crippen molar-refractivity contribution in [2.45, 2.75) is 6.42 Å². The third-order valence-corrected chi connectivity index (χ3v) is 4.05. The van der Waals surface area contributed by atoms with Crippen LogP contribution in [0.5, 0.6) is 11.6 Å². The summed E-state index contributed by atoms with van der Waals surface area (Å²) in [6.07, 6.45) is 3.24. The van der Waals surface area contributed by atoms with E-state index < -0.39 is 5.97 Å². The van der Waals surface area contributed by atoms with E-state index in [9.17, 15) is 4.79 Å². The third kappa shape index (κ3) is 3.78. The molecule has 0 radical (unpaired) electrons. The van der Waals surface area contributed by atoms with Gasteiger partial charge >= 0.3 is 5.97 Å². The molecule has 0 saturated carbocycles. The topological polar surface area (TPSA) is 89.3 Å². The lowest BCUT2D eigenvalue weighted by Gasteiger charge is -2.12. The lowest BCUT2D eigenvalue weighted by atomic mass is 10.3. The van der Waals surface area contributed by atoms with Crippen molar-refractivity contribution >= 4 is 45.9 Å². The molecule has 130 valence electrons. The lowest BCUT2D eigenvalue weighted by molar-refractivity contribution is -0.136. The number of carboxylic acids is 1. The first-order valence-corrected chi connectivity index (χ1v) is 8.10. The normalized spacial score (nSPS) is 10.8. The van der Waals surface area contributed by atoms with Gasteiger partial charge in [-0.3, -0.25) is 4.79 Å². The van der Waals surface area contributed by atoms with Gasteiger partial charge in [0.05, 0.1) is 21.9 Å². The quantitative estimate of drug-likeness (QED) is 0.672. The Balaban J connectivity index is 1.86. The average Bonchev–Trinajstić information content (AvgIpc) is 2.93. The summed E-state index contributed by atoms with van der Waals surface area (Å²) in [7, 11) is 1.87. The predicted molar refractivity (Wildman–Crippen MR) is 95.8 cm³/mol. The van der Waals surface area contributed by atoms with Crippen molar-refractivity contribution in [2.24, 2.45) is 7.05 Å². The van der Waals surface area contributed by atoms with Crippen LogP contribution in [0.15, 0.2) is 30.7 Å². The van der Waals surface area contributed by atoms with E-state index in [1.807, 2.05) is 23.9 Å². The van der Waals surface area contributed by atoms with E-state index in [1.165, 1.54) is 6.33 Å². The van der Waals surface area contributed by atoms with Crippen LogP contribution in [-0.2, 0) is 11.8 Å². The number of anilines is 1. The first-order chi connectivity index (χ1) is 12.0. The molecule has 1 aromatic carbocycles. The number of nitrogens with one attached hydrogen (secondary N) is 1. The summed E-state index contributed by atoms with van der Waals surface area (Å²) in [5, 5.41) is 12.9. The van der Waals surface area contributed by atoms with Crippen LogP contribution in [-0.4, -0.2) is 32.2 Å². The first-order valence-electron chi connectivity index (χ1n) is 7.34. The second-order valence-electron chi connectivity index (χ2n) is 5.28. The summed E-state index contributed by atoms with van der Waals surface area (Å²) in [5.74, 6) is -0.266. The van der Waals surface area contributed by atoms with Gasteiger partial charge in [0.1, 0.15) is 12.0 Å². The molecular formula is C16H14Cl2N4O3. The highest BCUT2D eigenvalue weighted by atomic mass is 35.5. The molecular weight excluding hydrogens is 367 g/mol. The molecule has 0 fully saturated rings.